The Morgan fingerprint density at radius 2 is 2.04 bits per heavy atom. The van der Waals surface area contributed by atoms with Gasteiger partial charge in [-0.15, -0.1) is 11.3 Å². The number of fused-ring (bicyclic) bond motifs is 1. The van der Waals surface area contributed by atoms with E-state index in [1.54, 1.807) is 11.3 Å². The van der Waals surface area contributed by atoms with E-state index in [4.69, 9.17) is 9.15 Å². The number of nitrogens with zero attached hydrogens (tertiary/aromatic N) is 2. The monoisotopic (exact) mass is 384 g/mol. The molecule has 0 saturated carbocycles. The Morgan fingerprint density at radius 3 is 2.74 bits per heavy atom. The summed E-state index contributed by atoms with van der Waals surface area (Å²) >= 11 is 1.78. The maximum absolute atomic E-state index is 13.0. The first-order valence-corrected chi connectivity index (χ1v) is 10.2. The molecular weight excluding hydrogens is 360 g/mol. The molecule has 1 saturated heterocycles. The van der Waals surface area contributed by atoms with Crippen LogP contribution in [0, 0.1) is 6.92 Å². The summed E-state index contributed by atoms with van der Waals surface area (Å²) in [6, 6.07) is 9.96. The number of ether oxygens (including phenoxy) is 1. The average molecular weight is 385 g/mol. The zero-order chi connectivity index (χ0) is 18.8. The van der Waals surface area contributed by atoms with Crippen LogP contribution in [0.4, 0.5) is 0 Å². The van der Waals surface area contributed by atoms with Gasteiger partial charge in [0.25, 0.3) is 5.91 Å². The molecule has 0 spiro atoms. The maximum Gasteiger partial charge on any atom is 0.289 e. The summed E-state index contributed by atoms with van der Waals surface area (Å²) in [6.45, 7) is 8.71. The molecule has 1 fully saturated rings. The van der Waals surface area contributed by atoms with Gasteiger partial charge in [-0.25, -0.2) is 0 Å². The minimum atomic E-state index is -0.0163. The lowest BCUT2D eigenvalue weighted by molar-refractivity contribution is 0.0600. The number of amides is 1. The van der Waals surface area contributed by atoms with E-state index in [0.29, 0.717) is 12.4 Å². The third-order valence-electron chi connectivity index (χ3n) is 5.03. The number of hydrogen-bond donors (Lipinski definition) is 0. The molecule has 1 aliphatic rings. The molecule has 2 aromatic heterocycles. The summed E-state index contributed by atoms with van der Waals surface area (Å²) in [5, 5.41) is 3.05. The quantitative estimate of drug-likeness (QED) is 0.663. The summed E-state index contributed by atoms with van der Waals surface area (Å²) in [4.78, 5) is 18.7. The Bertz CT molecular complexity index is 924. The second-order valence-corrected chi connectivity index (χ2v) is 7.83. The van der Waals surface area contributed by atoms with Crippen LogP contribution in [0.3, 0.4) is 0 Å². The lowest BCUT2D eigenvalue weighted by Crippen LogP contribution is -2.48. The highest BCUT2D eigenvalue weighted by molar-refractivity contribution is 7.09. The molecule has 142 valence electrons. The van der Waals surface area contributed by atoms with Gasteiger partial charge in [0.05, 0.1) is 6.61 Å². The highest BCUT2D eigenvalue weighted by Gasteiger charge is 2.27. The molecule has 6 heteroatoms. The normalized spacial score (nSPS) is 15.4. The SMILES string of the molecule is CCOc1ccc2oc(C(=O)N3CCN(Cc4cccs4)CC3)c(C)c2c1. The minimum Gasteiger partial charge on any atom is -0.494 e. The molecule has 5 nitrogen and oxygen atoms in total. The molecule has 1 aromatic carbocycles. The minimum absolute atomic E-state index is 0.0163. The summed E-state index contributed by atoms with van der Waals surface area (Å²) in [7, 11) is 0. The Morgan fingerprint density at radius 1 is 1.22 bits per heavy atom. The van der Waals surface area contributed by atoms with Crippen molar-refractivity contribution in [2.45, 2.75) is 20.4 Å². The van der Waals surface area contributed by atoms with Crippen LogP contribution in [0.15, 0.2) is 40.1 Å². The fraction of sp³-hybridized carbons (Fsp3) is 0.381. The maximum atomic E-state index is 13.0. The van der Waals surface area contributed by atoms with Crippen LogP contribution in [0.25, 0.3) is 11.0 Å². The first-order valence-electron chi connectivity index (χ1n) is 9.35. The summed E-state index contributed by atoms with van der Waals surface area (Å²) in [5.41, 5.74) is 1.62. The van der Waals surface area contributed by atoms with Crippen LogP contribution >= 0.6 is 11.3 Å². The predicted molar refractivity (Wildman–Crippen MR) is 108 cm³/mol. The largest absolute Gasteiger partial charge is 0.494 e. The van der Waals surface area contributed by atoms with Crippen molar-refractivity contribution in [3.05, 3.63) is 51.9 Å². The number of piperazine rings is 1. The molecule has 0 atom stereocenters. The number of carbonyl (C=O) groups is 1. The summed E-state index contributed by atoms with van der Waals surface area (Å²) in [5.74, 6) is 1.23. The molecule has 3 aromatic rings. The number of hydrogen-bond acceptors (Lipinski definition) is 5. The third kappa shape index (κ3) is 3.73. The molecule has 0 unspecified atom stereocenters. The lowest BCUT2D eigenvalue weighted by atomic mass is 10.1. The van der Waals surface area contributed by atoms with Gasteiger partial charge < -0.3 is 14.1 Å². The fourth-order valence-electron chi connectivity index (χ4n) is 3.54. The van der Waals surface area contributed by atoms with Crippen molar-refractivity contribution in [2.75, 3.05) is 32.8 Å². The van der Waals surface area contributed by atoms with Crippen molar-refractivity contribution >= 4 is 28.2 Å². The second kappa shape index (κ2) is 7.74. The Kier molecular flexibility index (Phi) is 5.18. The van der Waals surface area contributed by atoms with E-state index in [2.05, 4.69) is 22.4 Å². The van der Waals surface area contributed by atoms with E-state index in [1.165, 1.54) is 4.88 Å². The van der Waals surface area contributed by atoms with E-state index < -0.39 is 0 Å². The first-order chi connectivity index (χ1) is 13.2. The van der Waals surface area contributed by atoms with Crippen LogP contribution in [0.2, 0.25) is 0 Å². The van der Waals surface area contributed by atoms with Crippen molar-refractivity contribution < 1.29 is 13.9 Å². The standard InChI is InChI=1S/C21H24N2O3S/c1-3-25-16-6-7-19-18(13-16)15(2)20(26-19)21(24)23-10-8-22(9-11-23)14-17-5-4-12-27-17/h4-7,12-13H,3,8-11,14H2,1-2H3. The second-order valence-electron chi connectivity index (χ2n) is 6.79. The number of benzene rings is 1. The highest BCUT2D eigenvalue weighted by Crippen LogP contribution is 2.30. The number of carbonyl (C=O) groups excluding carboxylic acids is 1. The van der Waals surface area contributed by atoms with Crippen molar-refractivity contribution in [3.8, 4) is 5.75 Å². The highest BCUT2D eigenvalue weighted by atomic mass is 32.1. The molecule has 4 rings (SSSR count). The van der Waals surface area contributed by atoms with Crippen LogP contribution in [0.1, 0.15) is 27.9 Å². The number of thiophene rings is 1. The van der Waals surface area contributed by atoms with Gasteiger partial charge in [-0.3, -0.25) is 9.69 Å². The zero-order valence-corrected chi connectivity index (χ0v) is 16.6. The van der Waals surface area contributed by atoms with Crippen molar-refractivity contribution in [2.24, 2.45) is 0 Å². The van der Waals surface area contributed by atoms with Gasteiger partial charge >= 0.3 is 0 Å². The molecule has 27 heavy (non-hydrogen) atoms. The Labute approximate surface area is 163 Å². The van der Waals surface area contributed by atoms with Gasteiger partial charge in [-0.2, -0.15) is 0 Å². The van der Waals surface area contributed by atoms with Crippen LogP contribution < -0.4 is 4.74 Å². The zero-order valence-electron chi connectivity index (χ0n) is 15.7. The van der Waals surface area contributed by atoms with Crippen molar-refractivity contribution in [1.82, 2.24) is 9.80 Å². The fourth-order valence-corrected chi connectivity index (χ4v) is 4.28. The lowest BCUT2D eigenvalue weighted by Gasteiger charge is -2.34. The van der Waals surface area contributed by atoms with E-state index in [1.807, 2.05) is 36.9 Å². The van der Waals surface area contributed by atoms with Crippen LogP contribution in [-0.4, -0.2) is 48.5 Å². The van der Waals surface area contributed by atoms with Crippen molar-refractivity contribution in [3.63, 3.8) is 0 Å². The molecule has 0 bridgehead atoms. The number of rotatable bonds is 5. The molecule has 0 N–H and O–H groups in total. The number of aryl methyl sites for hydroxylation is 1. The molecule has 3 heterocycles. The van der Waals surface area contributed by atoms with Crippen molar-refractivity contribution in [1.29, 1.82) is 0 Å². The predicted octanol–water partition coefficient (Wildman–Crippen LogP) is 4.16. The van der Waals surface area contributed by atoms with Gasteiger partial charge in [0, 0.05) is 48.6 Å². The van der Waals surface area contributed by atoms with E-state index in [0.717, 1.165) is 55.0 Å². The third-order valence-corrected chi connectivity index (χ3v) is 5.89. The van der Waals surface area contributed by atoms with E-state index in [9.17, 15) is 4.79 Å². The van der Waals surface area contributed by atoms with Crippen LogP contribution in [0.5, 0.6) is 5.75 Å². The van der Waals surface area contributed by atoms with Gasteiger partial charge in [-0.05, 0) is 43.5 Å². The van der Waals surface area contributed by atoms with Gasteiger partial charge in [0.2, 0.25) is 0 Å². The molecule has 1 amide bonds. The Balaban J connectivity index is 1.46. The van der Waals surface area contributed by atoms with E-state index >= 15 is 0 Å². The first kappa shape index (κ1) is 18.1. The van der Waals surface area contributed by atoms with Gasteiger partial charge in [-0.1, -0.05) is 6.07 Å². The average Bonchev–Trinajstić information content (AvgIpc) is 3.30. The van der Waals surface area contributed by atoms with Gasteiger partial charge in [0.15, 0.2) is 5.76 Å². The van der Waals surface area contributed by atoms with Crippen LogP contribution in [-0.2, 0) is 6.54 Å². The van der Waals surface area contributed by atoms with Gasteiger partial charge in [0.1, 0.15) is 11.3 Å². The molecular formula is C21H24N2O3S. The van der Waals surface area contributed by atoms with E-state index in [-0.39, 0.29) is 5.91 Å². The topological polar surface area (TPSA) is 45.9 Å². The Hall–Kier alpha value is -2.31. The smallest absolute Gasteiger partial charge is 0.289 e. The molecule has 0 radical (unpaired) electrons. The molecule has 0 aliphatic carbocycles. The molecule has 1 aliphatic heterocycles. The summed E-state index contributed by atoms with van der Waals surface area (Å²) < 4.78 is 11.5. The number of furan rings is 1. The summed E-state index contributed by atoms with van der Waals surface area (Å²) in [6.07, 6.45) is 0.